The Kier molecular flexibility index (Phi) is 11.1. The Labute approximate surface area is 521 Å². The van der Waals surface area contributed by atoms with Gasteiger partial charge in [-0.2, -0.15) is 0 Å². The van der Waals surface area contributed by atoms with E-state index < -0.39 is 0 Å². The van der Waals surface area contributed by atoms with Crippen molar-refractivity contribution in [1.82, 2.24) is 13.7 Å². The molecule has 0 unspecified atom stereocenters. The molecular weight excluding hydrogens is 1090 g/mol. The van der Waals surface area contributed by atoms with E-state index in [-0.39, 0.29) is 6.71 Å². The van der Waals surface area contributed by atoms with E-state index in [4.69, 9.17) is 0 Å². The van der Waals surface area contributed by atoms with Crippen LogP contribution in [-0.4, -0.2) is 20.4 Å². The Morgan fingerprint density at radius 1 is 0.211 bits per heavy atom. The summed E-state index contributed by atoms with van der Waals surface area (Å²) < 4.78 is 7.48. The minimum atomic E-state index is -0.188. The average molecular weight is 1140 g/mol. The molecule has 6 heteroatoms. The third-order valence-electron chi connectivity index (χ3n) is 19.2. The van der Waals surface area contributed by atoms with Crippen LogP contribution < -0.4 is 26.2 Å². The zero-order valence-corrected chi connectivity index (χ0v) is 49.0. The van der Waals surface area contributed by atoms with E-state index in [2.05, 4.69) is 351 Å². The Bertz CT molecular complexity index is 5620. The molecule has 0 atom stereocenters. The van der Waals surface area contributed by atoms with Crippen molar-refractivity contribution >= 4 is 123 Å². The number of aromatic nitrogens is 3. The van der Waals surface area contributed by atoms with Crippen LogP contribution in [0.5, 0.6) is 0 Å². The molecule has 0 bridgehead atoms. The lowest BCUT2D eigenvalue weighted by Gasteiger charge is -2.45. The monoisotopic (exact) mass is 1140 g/mol. The summed E-state index contributed by atoms with van der Waals surface area (Å²) >= 11 is 0. The highest BCUT2D eigenvalue weighted by atomic mass is 15.2. The number of rotatable bonds is 8. The molecule has 5 heterocycles. The maximum absolute atomic E-state index is 2.63. The number of nitrogens with zero attached hydrogens (tertiary/aromatic N) is 5. The topological polar surface area (TPSA) is 21.3 Å². The Hall–Kier alpha value is -11.9. The highest BCUT2D eigenvalue weighted by Crippen LogP contribution is 2.51. The zero-order chi connectivity index (χ0) is 59.0. The Morgan fingerprint density at radius 3 is 1.11 bits per heavy atom. The summed E-state index contributed by atoms with van der Waals surface area (Å²) in [7, 11) is 0. The van der Waals surface area contributed by atoms with Gasteiger partial charge in [0, 0.05) is 72.1 Å². The lowest BCUT2D eigenvalue weighted by Crippen LogP contribution is -2.61. The fourth-order valence-corrected chi connectivity index (χ4v) is 15.3. The summed E-state index contributed by atoms with van der Waals surface area (Å²) in [6.45, 7) is -0.188. The lowest BCUT2D eigenvalue weighted by molar-refractivity contribution is 1.15. The number of hydrogen-bond donors (Lipinski definition) is 0. The third-order valence-corrected chi connectivity index (χ3v) is 19.2. The predicted molar refractivity (Wildman–Crippen MR) is 380 cm³/mol. The molecule has 0 saturated heterocycles. The van der Waals surface area contributed by atoms with Crippen molar-refractivity contribution in [3.63, 3.8) is 0 Å². The predicted octanol–water partition coefficient (Wildman–Crippen LogP) is 20.1. The van der Waals surface area contributed by atoms with Crippen LogP contribution in [-0.2, 0) is 0 Å². The second kappa shape index (κ2) is 19.8. The highest BCUT2D eigenvalue weighted by Gasteiger charge is 2.45. The van der Waals surface area contributed by atoms with Crippen LogP contribution in [0, 0.1) is 0 Å². The second-order valence-electron chi connectivity index (χ2n) is 24.0. The molecule has 0 radical (unpaired) electrons. The first kappa shape index (κ1) is 50.3. The van der Waals surface area contributed by atoms with Gasteiger partial charge in [0.1, 0.15) is 0 Å². The number of anilines is 6. The maximum atomic E-state index is 2.63. The molecular formula is C84H54BN5. The van der Waals surface area contributed by atoms with Gasteiger partial charge in [0.05, 0.1) is 44.5 Å². The SMILES string of the molecule is c1ccc(-c2ccc(N3c4cc(-n5c6ccccc6c6ccccc65)ccc4B4c5ccc6c(c5N(c5ccc(-c7ccccc7)cc5)c5cc(-n7c8ccccc8c8ccccc87)cc3c54)c3ccccc3n6-c3cccc(-c4ccccc4)c3)cc2)cc1. The van der Waals surface area contributed by atoms with E-state index in [1.54, 1.807) is 0 Å². The average Bonchev–Trinajstić information content (AvgIpc) is 1.08. The quantitative estimate of drug-likeness (QED) is 0.141. The van der Waals surface area contributed by atoms with Crippen LogP contribution in [0.15, 0.2) is 328 Å². The van der Waals surface area contributed by atoms with Crippen molar-refractivity contribution in [3.8, 4) is 50.4 Å². The van der Waals surface area contributed by atoms with Gasteiger partial charge in [-0.15, -0.1) is 0 Å². The molecule has 0 aliphatic carbocycles. The van der Waals surface area contributed by atoms with E-state index in [1.807, 2.05) is 0 Å². The molecule has 2 aliphatic rings. The first-order chi connectivity index (χ1) is 44.7. The third kappa shape index (κ3) is 7.52. The van der Waals surface area contributed by atoms with Gasteiger partial charge < -0.3 is 23.5 Å². The molecule has 0 saturated carbocycles. The lowest BCUT2D eigenvalue weighted by atomic mass is 9.33. The van der Waals surface area contributed by atoms with Gasteiger partial charge in [-0.05, 0) is 147 Å². The van der Waals surface area contributed by atoms with E-state index in [0.29, 0.717) is 0 Å². The van der Waals surface area contributed by atoms with E-state index in [0.717, 1.165) is 67.6 Å². The van der Waals surface area contributed by atoms with Crippen LogP contribution >= 0.6 is 0 Å². The molecule has 0 N–H and O–H groups in total. The molecule has 14 aromatic carbocycles. The Morgan fingerprint density at radius 2 is 0.578 bits per heavy atom. The fraction of sp³-hybridized carbons (Fsp3) is 0. The largest absolute Gasteiger partial charge is 0.311 e. The van der Waals surface area contributed by atoms with Gasteiger partial charge in [0.15, 0.2) is 0 Å². The molecule has 5 nitrogen and oxygen atoms in total. The fourth-order valence-electron chi connectivity index (χ4n) is 15.3. The van der Waals surface area contributed by atoms with Crippen molar-refractivity contribution in [1.29, 1.82) is 0 Å². The molecule has 0 amide bonds. The van der Waals surface area contributed by atoms with Gasteiger partial charge in [0.2, 0.25) is 0 Å². The van der Waals surface area contributed by atoms with Gasteiger partial charge >= 0.3 is 0 Å². The van der Waals surface area contributed by atoms with Gasteiger partial charge in [0.25, 0.3) is 6.71 Å². The maximum Gasteiger partial charge on any atom is 0.252 e. The van der Waals surface area contributed by atoms with Gasteiger partial charge in [-0.3, -0.25) is 0 Å². The van der Waals surface area contributed by atoms with Crippen LogP contribution in [0.1, 0.15) is 0 Å². The van der Waals surface area contributed by atoms with Crippen molar-refractivity contribution in [2.24, 2.45) is 0 Å². The first-order valence-electron chi connectivity index (χ1n) is 31.1. The first-order valence-corrected chi connectivity index (χ1v) is 31.1. The summed E-state index contributed by atoms with van der Waals surface area (Å²) in [5, 5.41) is 7.31. The molecule has 2 aliphatic heterocycles. The zero-order valence-electron chi connectivity index (χ0n) is 49.0. The van der Waals surface area contributed by atoms with Crippen LogP contribution in [0.4, 0.5) is 34.1 Å². The highest BCUT2D eigenvalue weighted by molar-refractivity contribution is 7.00. The van der Waals surface area contributed by atoms with Crippen molar-refractivity contribution in [3.05, 3.63) is 328 Å². The number of benzene rings is 14. The second-order valence-corrected chi connectivity index (χ2v) is 24.0. The van der Waals surface area contributed by atoms with Gasteiger partial charge in [-0.1, -0.05) is 231 Å². The molecule has 3 aromatic heterocycles. The molecule has 0 spiro atoms. The normalized spacial score (nSPS) is 12.6. The van der Waals surface area contributed by atoms with Crippen molar-refractivity contribution in [2.75, 3.05) is 9.80 Å². The molecule has 17 aromatic rings. The van der Waals surface area contributed by atoms with Crippen LogP contribution in [0.25, 0.3) is 116 Å². The summed E-state index contributed by atoms with van der Waals surface area (Å²) in [5.41, 5.74) is 27.8. The minimum absolute atomic E-state index is 0.188. The summed E-state index contributed by atoms with van der Waals surface area (Å²) in [6.07, 6.45) is 0. The number of para-hydroxylation sites is 5. The van der Waals surface area contributed by atoms with E-state index >= 15 is 0 Å². The van der Waals surface area contributed by atoms with Crippen molar-refractivity contribution in [2.45, 2.75) is 0 Å². The minimum Gasteiger partial charge on any atom is -0.311 e. The van der Waals surface area contributed by atoms with Crippen LogP contribution in [0.2, 0.25) is 0 Å². The van der Waals surface area contributed by atoms with Crippen LogP contribution in [0.3, 0.4) is 0 Å². The molecule has 418 valence electrons. The van der Waals surface area contributed by atoms with Gasteiger partial charge in [-0.25, -0.2) is 0 Å². The standard InChI is InChI=1S/C84H54BN5/c1-4-21-55(22-5-1)58-39-43-61(44-40-58)86-79-52-64(87-73-34-15-10-29-66(73)67-30-11-16-35-74(67)87)47-48-71(79)85-72-49-50-78-82(70-33-14-19-38-77(70)88(78)63-28-20-27-60(51-63)57-25-8-3-9-26-57)84(72)90(62-45-41-59(42-46-62)56-23-6-2-7-24-56)81-54-65(53-80(86)83(81)85)89-75-36-17-12-31-68(75)69-32-13-18-37-76(69)89/h1-54H. The summed E-state index contributed by atoms with van der Waals surface area (Å²) in [4.78, 5) is 5.21. The Balaban J connectivity index is 0.953. The summed E-state index contributed by atoms with van der Waals surface area (Å²) in [6, 6.07) is 122. The molecule has 19 rings (SSSR count). The van der Waals surface area contributed by atoms with E-state index in [1.165, 1.54) is 98.8 Å². The van der Waals surface area contributed by atoms with Crippen molar-refractivity contribution < 1.29 is 0 Å². The molecule has 0 fully saturated rings. The number of fused-ring (bicyclic) bond motifs is 14. The van der Waals surface area contributed by atoms with E-state index in [9.17, 15) is 0 Å². The summed E-state index contributed by atoms with van der Waals surface area (Å²) in [5.74, 6) is 0. The smallest absolute Gasteiger partial charge is 0.252 e. The number of hydrogen-bond acceptors (Lipinski definition) is 2. The molecule has 90 heavy (non-hydrogen) atoms.